The third-order valence-corrected chi connectivity index (χ3v) is 6.21. The number of rotatable bonds is 6. The average molecular weight is 458 g/mol. The van der Waals surface area contributed by atoms with Crippen molar-refractivity contribution < 1.29 is 18.7 Å². The third-order valence-electron chi connectivity index (χ3n) is 5.97. The maximum absolute atomic E-state index is 12.7. The van der Waals surface area contributed by atoms with Gasteiger partial charge in [-0.05, 0) is 42.3 Å². The quantitative estimate of drug-likeness (QED) is 0.566. The van der Waals surface area contributed by atoms with E-state index in [2.05, 4.69) is 11.0 Å². The Morgan fingerprint density at radius 2 is 1.81 bits per heavy atom. The van der Waals surface area contributed by atoms with Gasteiger partial charge in [0, 0.05) is 50.7 Å². The van der Waals surface area contributed by atoms with Crippen molar-refractivity contribution in [3.8, 4) is 11.5 Å². The fraction of sp³-hybridized carbons (Fsp3) is 0.391. The number of nitrogens with zero attached hydrogens (tertiary/aromatic N) is 3. The molecule has 0 saturated carbocycles. The molecule has 2 aromatic carbocycles. The highest BCUT2D eigenvalue weighted by Gasteiger charge is 2.22. The molecule has 0 aliphatic carbocycles. The lowest BCUT2D eigenvalue weighted by molar-refractivity contribution is -0.133. The molecular weight excluding hydrogens is 434 g/mol. The Balaban J connectivity index is 1.10. The van der Waals surface area contributed by atoms with E-state index in [1.54, 1.807) is 18.2 Å². The Bertz CT molecular complexity index is 1200. The second-order valence-electron chi connectivity index (χ2n) is 8.08. The third kappa shape index (κ3) is 4.33. The Morgan fingerprint density at radius 3 is 2.66 bits per heavy atom. The van der Waals surface area contributed by atoms with E-state index in [1.165, 1.54) is 10.1 Å². The number of halogens is 1. The van der Waals surface area contributed by atoms with Gasteiger partial charge < -0.3 is 18.8 Å². The van der Waals surface area contributed by atoms with E-state index in [-0.39, 0.29) is 12.7 Å². The van der Waals surface area contributed by atoms with E-state index in [0.717, 1.165) is 31.1 Å². The first kappa shape index (κ1) is 20.9. The molecule has 0 spiro atoms. The van der Waals surface area contributed by atoms with Crippen LogP contribution >= 0.6 is 11.6 Å². The van der Waals surface area contributed by atoms with Crippen LogP contribution in [0.3, 0.4) is 0 Å². The predicted octanol–water partition coefficient (Wildman–Crippen LogP) is 3.10. The van der Waals surface area contributed by atoms with Gasteiger partial charge in [0.15, 0.2) is 17.1 Å². The van der Waals surface area contributed by atoms with Crippen molar-refractivity contribution in [1.29, 1.82) is 0 Å². The van der Waals surface area contributed by atoms with Gasteiger partial charge in [-0.2, -0.15) is 0 Å². The molecule has 8 nitrogen and oxygen atoms in total. The molecule has 1 amide bonds. The van der Waals surface area contributed by atoms with Crippen molar-refractivity contribution >= 4 is 28.6 Å². The van der Waals surface area contributed by atoms with Crippen LogP contribution in [0.2, 0.25) is 5.02 Å². The van der Waals surface area contributed by atoms with Crippen molar-refractivity contribution in [3.05, 3.63) is 57.5 Å². The monoisotopic (exact) mass is 457 g/mol. The van der Waals surface area contributed by atoms with Gasteiger partial charge in [-0.25, -0.2) is 4.79 Å². The molecule has 2 aliphatic rings. The number of carbonyl (C=O) groups is 1. The normalized spacial score (nSPS) is 16.1. The zero-order chi connectivity index (χ0) is 22.1. The lowest BCUT2D eigenvalue weighted by Crippen LogP contribution is -2.48. The van der Waals surface area contributed by atoms with Crippen LogP contribution in [0.15, 0.2) is 45.6 Å². The summed E-state index contributed by atoms with van der Waals surface area (Å²) in [4.78, 5) is 29.0. The van der Waals surface area contributed by atoms with Crippen LogP contribution in [0.4, 0.5) is 0 Å². The first-order valence-electron chi connectivity index (χ1n) is 10.7. The van der Waals surface area contributed by atoms with Crippen LogP contribution in [-0.2, 0) is 17.9 Å². The van der Waals surface area contributed by atoms with Gasteiger partial charge >= 0.3 is 5.76 Å². The molecule has 0 radical (unpaired) electrons. The first-order chi connectivity index (χ1) is 15.6. The fourth-order valence-corrected chi connectivity index (χ4v) is 4.41. The van der Waals surface area contributed by atoms with E-state index in [0.29, 0.717) is 48.6 Å². The summed E-state index contributed by atoms with van der Waals surface area (Å²) < 4.78 is 17.6. The SMILES string of the molecule is O=C(CCCn1c(=O)oc2ccc(Cl)cc21)N1CCN(Cc2ccc3c(c2)OCO3)CC1. The molecule has 0 N–H and O–H groups in total. The second-order valence-corrected chi connectivity index (χ2v) is 8.52. The molecule has 3 heterocycles. The van der Waals surface area contributed by atoms with Crippen LogP contribution in [0.5, 0.6) is 11.5 Å². The molecule has 32 heavy (non-hydrogen) atoms. The molecule has 9 heteroatoms. The van der Waals surface area contributed by atoms with E-state index in [1.807, 2.05) is 17.0 Å². The number of hydrogen-bond donors (Lipinski definition) is 0. The number of fused-ring (bicyclic) bond motifs is 2. The summed E-state index contributed by atoms with van der Waals surface area (Å²) in [7, 11) is 0. The lowest BCUT2D eigenvalue weighted by Gasteiger charge is -2.34. The van der Waals surface area contributed by atoms with Gasteiger partial charge in [0.05, 0.1) is 5.52 Å². The van der Waals surface area contributed by atoms with E-state index < -0.39 is 5.76 Å². The molecule has 1 aromatic heterocycles. The Morgan fingerprint density at radius 1 is 1.00 bits per heavy atom. The van der Waals surface area contributed by atoms with Crippen molar-refractivity contribution in [1.82, 2.24) is 14.4 Å². The van der Waals surface area contributed by atoms with Crippen LogP contribution in [0.1, 0.15) is 18.4 Å². The summed E-state index contributed by atoms with van der Waals surface area (Å²) in [6.07, 6.45) is 0.957. The van der Waals surface area contributed by atoms with Gasteiger partial charge in [0.1, 0.15) is 0 Å². The highest BCUT2D eigenvalue weighted by molar-refractivity contribution is 6.31. The summed E-state index contributed by atoms with van der Waals surface area (Å²) in [6.45, 7) is 4.56. The standard InChI is InChI=1S/C23H24ClN3O5/c24-17-4-6-19-18(13-17)27(23(29)32-19)7-1-2-22(28)26-10-8-25(9-11-26)14-16-3-5-20-21(12-16)31-15-30-20/h3-6,12-13H,1-2,7-11,14-15H2. The second kappa shape index (κ2) is 8.88. The molecule has 2 aliphatic heterocycles. The molecule has 0 unspecified atom stereocenters. The van der Waals surface area contributed by atoms with Gasteiger partial charge in [-0.3, -0.25) is 14.3 Å². The molecule has 168 valence electrons. The number of aromatic nitrogens is 1. The number of benzene rings is 2. The first-order valence-corrected chi connectivity index (χ1v) is 11.1. The van der Waals surface area contributed by atoms with Crippen LogP contribution in [-0.4, -0.2) is 53.2 Å². The van der Waals surface area contributed by atoms with Crippen molar-refractivity contribution in [3.63, 3.8) is 0 Å². The zero-order valence-corrected chi connectivity index (χ0v) is 18.3. The van der Waals surface area contributed by atoms with Crippen molar-refractivity contribution in [2.24, 2.45) is 0 Å². The topological polar surface area (TPSA) is 77.2 Å². The van der Waals surface area contributed by atoms with Crippen LogP contribution in [0.25, 0.3) is 11.1 Å². The summed E-state index contributed by atoms with van der Waals surface area (Å²) in [5, 5.41) is 0.543. The minimum absolute atomic E-state index is 0.117. The summed E-state index contributed by atoms with van der Waals surface area (Å²) >= 11 is 6.04. The summed E-state index contributed by atoms with van der Waals surface area (Å²) in [5.74, 6) is 1.28. The van der Waals surface area contributed by atoms with Gasteiger partial charge in [-0.15, -0.1) is 0 Å². The highest BCUT2D eigenvalue weighted by Crippen LogP contribution is 2.32. The molecule has 1 fully saturated rings. The fourth-order valence-electron chi connectivity index (χ4n) is 4.25. The number of carbonyl (C=O) groups excluding carboxylic acids is 1. The Hall–Kier alpha value is -2.97. The number of oxazole rings is 1. The largest absolute Gasteiger partial charge is 0.454 e. The number of hydrogen-bond acceptors (Lipinski definition) is 6. The minimum Gasteiger partial charge on any atom is -0.454 e. The Labute approximate surface area is 189 Å². The van der Waals surface area contributed by atoms with E-state index >= 15 is 0 Å². The highest BCUT2D eigenvalue weighted by atomic mass is 35.5. The molecule has 0 bridgehead atoms. The lowest BCUT2D eigenvalue weighted by atomic mass is 10.1. The van der Waals surface area contributed by atoms with Crippen LogP contribution in [0, 0.1) is 0 Å². The molecule has 5 rings (SSSR count). The number of aryl methyl sites for hydroxylation is 1. The van der Waals surface area contributed by atoms with Gasteiger partial charge in [0.2, 0.25) is 12.7 Å². The van der Waals surface area contributed by atoms with E-state index in [4.69, 9.17) is 25.5 Å². The molecule has 3 aromatic rings. The summed E-state index contributed by atoms with van der Waals surface area (Å²) in [5.41, 5.74) is 2.34. The maximum atomic E-state index is 12.7. The smallest absolute Gasteiger partial charge is 0.419 e. The number of ether oxygens (including phenoxy) is 2. The number of amides is 1. The minimum atomic E-state index is -0.424. The maximum Gasteiger partial charge on any atom is 0.419 e. The summed E-state index contributed by atoms with van der Waals surface area (Å²) in [6, 6.07) is 11.1. The van der Waals surface area contributed by atoms with Gasteiger partial charge in [0.25, 0.3) is 0 Å². The zero-order valence-electron chi connectivity index (χ0n) is 17.6. The molecule has 0 atom stereocenters. The van der Waals surface area contributed by atoms with Crippen molar-refractivity contribution in [2.45, 2.75) is 25.9 Å². The van der Waals surface area contributed by atoms with Crippen molar-refractivity contribution in [2.75, 3.05) is 33.0 Å². The Kier molecular flexibility index (Phi) is 5.80. The molecule has 1 saturated heterocycles. The van der Waals surface area contributed by atoms with E-state index in [9.17, 15) is 9.59 Å². The molecular formula is C23H24ClN3O5. The van der Waals surface area contributed by atoms with Gasteiger partial charge in [-0.1, -0.05) is 17.7 Å². The predicted molar refractivity (Wildman–Crippen MR) is 119 cm³/mol. The number of piperazine rings is 1. The average Bonchev–Trinajstić information content (AvgIpc) is 3.38. The van der Waals surface area contributed by atoms with Crippen LogP contribution < -0.4 is 15.2 Å².